The van der Waals surface area contributed by atoms with E-state index in [0.717, 1.165) is 17.9 Å². The number of hydrogen-bond acceptors (Lipinski definition) is 3. The predicted octanol–water partition coefficient (Wildman–Crippen LogP) is 3.98. The van der Waals surface area contributed by atoms with Crippen molar-refractivity contribution in [1.82, 2.24) is 10.4 Å². The van der Waals surface area contributed by atoms with Crippen LogP contribution in [-0.4, -0.2) is 29.2 Å². The summed E-state index contributed by atoms with van der Waals surface area (Å²) in [6.07, 6.45) is -2.89. The van der Waals surface area contributed by atoms with E-state index in [1.54, 1.807) is 26.0 Å². The van der Waals surface area contributed by atoms with Gasteiger partial charge >= 0.3 is 6.18 Å². The van der Waals surface area contributed by atoms with Crippen LogP contribution in [0.5, 0.6) is 5.75 Å². The number of para-hydroxylation sites is 1. The zero-order valence-electron chi connectivity index (χ0n) is 14.1. The van der Waals surface area contributed by atoms with Gasteiger partial charge in [-0.15, -0.1) is 0 Å². The Kier molecular flexibility index (Phi) is 5.42. The maximum absolute atomic E-state index is 13.8. The summed E-state index contributed by atoms with van der Waals surface area (Å²) in [6, 6.07) is 4.17. The van der Waals surface area contributed by atoms with E-state index >= 15 is 0 Å². The summed E-state index contributed by atoms with van der Waals surface area (Å²) < 4.78 is 47.1. The number of hydrogen-bond donors (Lipinski definition) is 1. The average molecular weight is 344 g/mol. The maximum Gasteiger partial charge on any atom is 0.410 e. The van der Waals surface area contributed by atoms with Crippen LogP contribution < -0.4 is 10.2 Å². The Balaban J connectivity index is 2.41. The lowest BCUT2D eigenvalue weighted by Crippen LogP contribution is -2.51. The highest BCUT2D eigenvalue weighted by molar-refractivity contribution is 5.79. The van der Waals surface area contributed by atoms with E-state index in [4.69, 9.17) is 4.74 Å². The molecule has 0 radical (unpaired) electrons. The number of halogens is 3. The largest absolute Gasteiger partial charge is 0.493 e. The third kappa shape index (κ3) is 4.01. The molecule has 0 aliphatic carbocycles. The number of ether oxygens (including phenoxy) is 1. The lowest BCUT2D eigenvalue weighted by molar-refractivity contribution is -0.204. The Hall–Kier alpha value is -1.76. The number of unbranched alkanes of at least 4 members (excludes halogenated alkanes) is 1. The zero-order valence-corrected chi connectivity index (χ0v) is 14.1. The standard InChI is InChI=1S/C17H23F3N2O2/c1-4-5-10-24-13-9-7-6-8-12(13)15(17(18,19)20)22-16(2,3)11-14(23)21-22/h6-9,15H,4-5,10-11H2,1-3H3,(H,21,23)/t15-/m0/s1. The molecule has 0 saturated carbocycles. The maximum atomic E-state index is 13.8. The average Bonchev–Trinajstić information content (AvgIpc) is 2.72. The number of amides is 1. The predicted molar refractivity (Wildman–Crippen MR) is 84.3 cm³/mol. The fourth-order valence-electron chi connectivity index (χ4n) is 2.84. The van der Waals surface area contributed by atoms with Gasteiger partial charge in [-0.2, -0.15) is 18.2 Å². The monoisotopic (exact) mass is 344 g/mol. The molecule has 1 N–H and O–H groups in total. The van der Waals surface area contributed by atoms with Crippen molar-refractivity contribution in [2.75, 3.05) is 6.61 Å². The molecule has 1 aliphatic heterocycles. The van der Waals surface area contributed by atoms with Crippen LogP contribution in [0.4, 0.5) is 13.2 Å². The number of hydrazine groups is 1. The summed E-state index contributed by atoms with van der Waals surface area (Å²) in [5, 5.41) is 0.997. The smallest absolute Gasteiger partial charge is 0.410 e. The van der Waals surface area contributed by atoms with Gasteiger partial charge < -0.3 is 4.74 Å². The fourth-order valence-corrected chi connectivity index (χ4v) is 2.84. The number of rotatable bonds is 6. The van der Waals surface area contributed by atoms with Crippen LogP contribution in [0.1, 0.15) is 51.6 Å². The number of nitrogens with zero attached hydrogens (tertiary/aromatic N) is 1. The van der Waals surface area contributed by atoms with E-state index in [2.05, 4.69) is 5.43 Å². The van der Waals surface area contributed by atoms with Gasteiger partial charge in [-0.3, -0.25) is 10.2 Å². The van der Waals surface area contributed by atoms with Crippen molar-refractivity contribution < 1.29 is 22.7 Å². The molecule has 0 bridgehead atoms. The Labute approximate surface area is 139 Å². The molecule has 1 saturated heterocycles. The summed E-state index contributed by atoms with van der Waals surface area (Å²) in [6.45, 7) is 5.57. The number of nitrogens with one attached hydrogen (secondary N) is 1. The van der Waals surface area contributed by atoms with Gasteiger partial charge in [0.1, 0.15) is 5.75 Å². The third-order valence-corrected chi connectivity index (χ3v) is 4.03. The van der Waals surface area contributed by atoms with Gasteiger partial charge in [-0.05, 0) is 26.3 Å². The first kappa shape index (κ1) is 18.6. The minimum Gasteiger partial charge on any atom is -0.493 e. The molecule has 4 nitrogen and oxygen atoms in total. The van der Waals surface area contributed by atoms with Gasteiger partial charge in [0.2, 0.25) is 5.91 Å². The molecule has 7 heteroatoms. The topological polar surface area (TPSA) is 41.6 Å². The second-order valence-electron chi connectivity index (χ2n) is 6.58. The second kappa shape index (κ2) is 7.01. The minimum absolute atomic E-state index is 0.0105. The molecule has 24 heavy (non-hydrogen) atoms. The van der Waals surface area contributed by atoms with Crippen LogP contribution in [0.25, 0.3) is 0 Å². The lowest BCUT2D eigenvalue weighted by Gasteiger charge is -2.38. The van der Waals surface area contributed by atoms with E-state index in [1.807, 2.05) is 6.92 Å². The molecule has 1 aromatic carbocycles. The van der Waals surface area contributed by atoms with Crippen LogP contribution in [0.15, 0.2) is 24.3 Å². The Morgan fingerprint density at radius 2 is 2.00 bits per heavy atom. The highest BCUT2D eigenvalue weighted by atomic mass is 19.4. The molecule has 1 aliphatic rings. The summed E-state index contributed by atoms with van der Waals surface area (Å²) in [5.74, 6) is -0.219. The van der Waals surface area contributed by atoms with Gasteiger partial charge in [-0.25, -0.2) is 0 Å². The molecule has 1 heterocycles. The van der Waals surface area contributed by atoms with Crippen molar-refractivity contribution in [1.29, 1.82) is 0 Å². The fraction of sp³-hybridized carbons (Fsp3) is 0.588. The van der Waals surface area contributed by atoms with Crippen molar-refractivity contribution in [3.05, 3.63) is 29.8 Å². The molecular weight excluding hydrogens is 321 g/mol. The van der Waals surface area contributed by atoms with Crippen molar-refractivity contribution in [2.24, 2.45) is 0 Å². The molecular formula is C17H23F3N2O2. The van der Waals surface area contributed by atoms with Crippen LogP contribution in [0, 0.1) is 0 Å². The molecule has 0 unspecified atom stereocenters. The second-order valence-corrected chi connectivity index (χ2v) is 6.58. The van der Waals surface area contributed by atoms with E-state index in [9.17, 15) is 18.0 Å². The molecule has 2 rings (SSSR count). The van der Waals surface area contributed by atoms with Crippen LogP contribution in [0.3, 0.4) is 0 Å². The van der Waals surface area contributed by atoms with Crippen molar-refractivity contribution in [3.63, 3.8) is 0 Å². The van der Waals surface area contributed by atoms with E-state index in [0.29, 0.717) is 6.61 Å². The Bertz CT molecular complexity index is 587. The molecule has 1 fully saturated rings. The molecule has 134 valence electrons. The number of benzene rings is 1. The molecule has 1 aromatic rings. The lowest BCUT2D eigenvalue weighted by atomic mass is 9.96. The van der Waals surface area contributed by atoms with Crippen molar-refractivity contribution >= 4 is 5.91 Å². The summed E-state index contributed by atoms with van der Waals surface area (Å²) in [7, 11) is 0. The third-order valence-electron chi connectivity index (χ3n) is 4.03. The SMILES string of the molecule is CCCCOc1ccccc1[C@H](N1NC(=O)CC1(C)C)C(F)(F)F. The number of carbonyl (C=O) groups excluding carboxylic acids is 1. The first-order valence-electron chi connectivity index (χ1n) is 8.04. The Morgan fingerprint density at radius 3 is 2.54 bits per heavy atom. The molecule has 0 spiro atoms. The highest BCUT2D eigenvalue weighted by Gasteiger charge is 2.53. The number of alkyl halides is 3. The summed E-state index contributed by atoms with van der Waals surface area (Å²) in [4.78, 5) is 11.7. The van der Waals surface area contributed by atoms with Crippen molar-refractivity contribution in [3.8, 4) is 5.75 Å². The van der Waals surface area contributed by atoms with Crippen molar-refractivity contribution in [2.45, 2.75) is 57.8 Å². The number of carbonyl (C=O) groups is 1. The summed E-state index contributed by atoms with van der Waals surface area (Å²) in [5.41, 5.74) is 1.42. The van der Waals surface area contributed by atoms with Gasteiger partial charge in [0.15, 0.2) is 6.04 Å². The van der Waals surface area contributed by atoms with E-state index < -0.39 is 23.7 Å². The molecule has 1 atom stereocenters. The van der Waals surface area contributed by atoms with Gasteiger partial charge in [0.05, 0.1) is 6.61 Å². The van der Waals surface area contributed by atoms with E-state index in [1.165, 1.54) is 12.1 Å². The van der Waals surface area contributed by atoms with Gasteiger partial charge in [-0.1, -0.05) is 31.5 Å². The Morgan fingerprint density at radius 1 is 1.33 bits per heavy atom. The molecule has 1 amide bonds. The van der Waals surface area contributed by atoms with Crippen LogP contribution in [0.2, 0.25) is 0 Å². The van der Waals surface area contributed by atoms with Gasteiger partial charge in [0, 0.05) is 17.5 Å². The minimum atomic E-state index is -4.56. The molecule has 0 aromatic heterocycles. The van der Waals surface area contributed by atoms with Crippen LogP contribution in [-0.2, 0) is 4.79 Å². The normalized spacial score (nSPS) is 19.2. The highest BCUT2D eigenvalue weighted by Crippen LogP contribution is 2.45. The quantitative estimate of drug-likeness (QED) is 0.794. The van der Waals surface area contributed by atoms with Crippen LogP contribution >= 0.6 is 0 Å². The summed E-state index contributed by atoms with van der Waals surface area (Å²) >= 11 is 0. The zero-order chi connectivity index (χ0) is 18.0. The van der Waals surface area contributed by atoms with E-state index in [-0.39, 0.29) is 17.7 Å². The first-order valence-corrected chi connectivity index (χ1v) is 8.04. The first-order chi connectivity index (χ1) is 11.2. The van der Waals surface area contributed by atoms with Gasteiger partial charge in [0.25, 0.3) is 0 Å².